The summed E-state index contributed by atoms with van der Waals surface area (Å²) in [5.41, 5.74) is -1.31. The van der Waals surface area contributed by atoms with Crippen LogP contribution in [0.15, 0.2) is 11.0 Å². The SMILES string of the molecule is Cc1c(C(F)F)c(CC(=O)O)c[nH]c1=O. The molecule has 0 amide bonds. The van der Waals surface area contributed by atoms with E-state index in [2.05, 4.69) is 4.98 Å². The molecule has 0 radical (unpaired) electrons. The number of H-pyrrole nitrogens is 1. The summed E-state index contributed by atoms with van der Waals surface area (Å²) in [5.74, 6) is -1.22. The van der Waals surface area contributed by atoms with Gasteiger partial charge in [-0.15, -0.1) is 0 Å². The van der Waals surface area contributed by atoms with Crippen molar-refractivity contribution in [3.8, 4) is 0 Å². The Morgan fingerprint density at radius 2 is 2.20 bits per heavy atom. The molecule has 15 heavy (non-hydrogen) atoms. The van der Waals surface area contributed by atoms with Crippen molar-refractivity contribution < 1.29 is 18.7 Å². The number of rotatable bonds is 3. The Hall–Kier alpha value is -1.72. The Balaban J connectivity index is 3.33. The van der Waals surface area contributed by atoms with Crippen molar-refractivity contribution in [1.82, 2.24) is 4.98 Å². The van der Waals surface area contributed by atoms with E-state index < -0.39 is 29.9 Å². The topological polar surface area (TPSA) is 70.2 Å². The summed E-state index contributed by atoms with van der Waals surface area (Å²) in [4.78, 5) is 23.7. The number of halogens is 2. The molecule has 1 aromatic rings. The minimum absolute atomic E-state index is 0.0606. The van der Waals surface area contributed by atoms with Gasteiger partial charge in [0.15, 0.2) is 0 Å². The molecule has 0 spiro atoms. The van der Waals surface area contributed by atoms with Crippen LogP contribution in [0, 0.1) is 6.92 Å². The molecule has 1 heterocycles. The van der Waals surface area contributed by atoms with Crippen molar-refractivity contribution in [3.05, 3.63) is 33.2 Å². The predicted octanol–water partition coefficient (Wildman–Crippen LogP) is 1.25. The molecule has 2 N–H and O–H groups in total. The quantitative estimate of drug-likeness (QED) is 0.800. The summed E-state index contributed by atoms with van der Waals surface area (Å²) >= 11 is 0. The Labute approximate surface area is 83.6 Å². The van der Waals surface area contributed by atoms with Crippen LogP contribution in [0.4, 0.5) is 8.78 Å². The van der Waals surface area contributed by atoms with Gasteiger partial charge >= 0.3 is 5.97 Å². The summed E-state index contributed by atoms with van der Waals surface area (Å²) in [6.45, 7) is 1.24. The van der Waals surface area contributed by atoms with Crippen LogP contribution in [0.25, 0.3) is 0 Å². The minimum atomic E-state index is -2.85. The van der Waals surface area contributed by atoms with E-state index in [0.29, 0.717) is 0 Å². The number of nitrogens with one attached hydrogen (secondary N) is 1. The number of aliphatic carboxylic acids is 1. The third-order valence-corrected chi connectivity index (χ3v) is 2.03. The lowest BCUT2D eigenvalue weighted by Gasteiger charge is -2.08. The molecule has 82 valence electrons. The number of carbonyl (C=O) groups is 1. The maximum absolute atomic E-state index is 12.6. The van der Waals surface area contributed by atoms with Crippen molar-refractivity contribution in [2.75, 3.05) is 0 Å². The molecule has 1 rings (SSSR count). The molecule has 0 aliphatic carbocycles. The van der Waals surface area contributed by atoms with Crippen LogP contribution in [0.2, 0.25) is 0 Å². The smallest absolute Gasteiger partial charge is 0.307 e. The number of hydrogen-bond acceptors (Lipinski definition) is 2. The Morgan fingerprint density at radius 3 is 2.67 bits per heavy atom. The molecule has 0 unspecified atom stereocenters. The van der Waals surface area contributed by atoms with E-state index in [1.807, 2.05) is 0 Å². The normalized spacial score (nSPS) is 10.7. The molecule has 0 aromatic carbocycles. The Bertz CT molecular complexity index is 439. The summed E-state index contributed by atoms with van der Waals surface area (Å²) in [7, 11) is 0. The first kappa shape index (κ1) is 11.4. The average Bonchev–Trinajstić information content (AvgIpc) is 2.10. The highest BCUT2D eigenvalue weighted by atomic mass is 19.3. The highest BCUT2D eigenvalue weighted by Crippen LogP contribution is 2.24. The predicted molar refractivity (Wildman–Crippen MR) is 48.1 cm³/mol. The highest BCUT2D eigenvalue weighted by molar-refractivity contribution is 5.70. The van der Waals surface area contributed by atoms with Gasteiger partial charge in [0.2, 0.25) is 0 Å². The molecule has 1 aromatic heterocycles. The van der Waals surface area contributed by atoms with Crippen molar-refractivity contribution in [1.29, 1.82) is 0 Å². The van der Waals surface area contributed by atoms with Gasteiger partial charge in [0.05, 0.1) is 6.42 Å². The Kier molecular flexibility index (Phi) is 3.18. The second kappa shape index (κ2) is 4.20. The lowest BCUT2D eigenvalue weighted by Crippen LogP contribution is -2.16. The molecular formula is C9H9F2NO3. The number of aromatic nitrogens is 1. The van der Waals surface area contributed by atoms with Gasteiger partial charge in [-0.05, 0) is 12.5 Å². The number of aromatic amines is 1. The average molecular weight is 217 g/mol. The zero-order chi connectivity index (χ0) is 11.6. The summed E-state index contributed by atoms with van der Waals surface area (Å²) in [6.07, 6.45) is -2.36. The number of pyridine rings is 1. The molecule has 4 nitrogen and oxygen atoms in total. The first-order valence-corrected chi connectivity index (χ1v) is 4.14. The van der Waals surface area contributed by atoms with Crippen molar-refractivity contribution in [3.63, 3.8) is 0 Å². The third-order valence-electron chi connectivity index (χ3n) is 2.03. The fourth-order valence-electron chi connectivity index (χ4n) is 1.31. The van der Waals surface area contributed by atoms with Gasteiger partial charge in [-0.2, -0.15) is 0 Å². The van der Waals surface area contributed by atoms with Gasteiger partial charge in [0.1, 0.15) is 0 Å². The first-order chi connectivity index (χ1) is 6.93. The largest absolute Gasteiger partial charge is 0.481 e. The molecule has 0 atom stereocenters. The van der Waals surface area contributed by atoms with Gasteiger partial charge in [-0.25, -0.2) is 8.78 Å². The van der Waals surface area contributed by atoms with E-state index in [-0.39, 0.29) is 11.1 Å². The molecule has 0 bridgehead atoms. The second-order valence-corrected chi connectivity index (χ2v) is 3.05. The number of carboxylic acid groups (broad SMARTS) is 1. The molecule has 0 saturated carbocycles. The van der Waals surface area contributed by atoms with E-state index in [1.54, 1.807) is 0 Å². The van der Waals surface area contributed by atoms with Crippen molar-refractivity contribution in [2.24, 2.45) is 0 Å². The van der Waals surface area contributed by atoms with E-state index in [4.69, 9.17) is 5.11 Å². The van der Waals surface area contributed by atoms with Crippen LogP contribution in [-0.4, -0.2) is 16.1 Å². The van der Waals surface area contributed by atoms with E-state index in [0.717, 1.165) is 6.20 Å². The molecular weight excluding hydrogens is 208 g/mol. The summed E-state index contributed by atoms with van der Waals surface area (Å²) in [5, 5.41) is 8.50. The standard InChI is InChI=1S/C9H9F2NO3/c1-4-7(8(10)11)5(2-6(13)14)3-12-9(4)15/h3,8H,2H2,1H3,(H,12,15)(H,13,14). The van der Waals surface area contributed by atoms with Crippen LogP contribution < -0.4 is 5.56 Å². The number of hydrogen-bond donors (Lipinski definition) is 2. The van der Waals surface area contributed by atoms with Crippen molar-refractivity contribution in [2.45, 2.75) is 19.8 Å². The van der Waals surface area contributed by atoms with Gasteiger partial charge in [0, 0.05) is 17.3 Å². The molecule has 0 aliphatic heterocycles. The van der Waals surface area contributed by atoms with E-state index in [1.165, 1.54) is 6.92 Å². The van der Waals surface area contributed by atoms with Crippen LogP contribution in [0.1, 0.15) is 23.1 Å². The lowest BCUT2D eigenvalue weighted by molar-refractivity contribution is -0.136. The van der Waals surface area contributed by atoms with Gasteiger partial charge in [0.25, 0.3) is 12.0 Å². The van der Waals surface area contributed by atoms with Crippen molar-refractivity contribution >= 4 is 5.97 Å². The minimum Gasteiger partial charge on any atom is -0.481 e. The number of alkyl halides is 2. The maximum Gasteiger partial charge on any atom is 0.307 e. The maximum atomic E-state index is 12.6. The van der Waals surface area contributed by atoms with E-state index >= 15 is 0 Å². The highest BCUT2D eigenvalue weighted by Gasteiger charge is 2.19. The van der Waals surface area contributed by atoms with Gasteiger partial charge < -0.3 is 10.1 Å². The fourth-order valence-corrected chi connectivity index (χ4v) is 1.31. The summed E-state index contributed by atoms with van der Waals surface area (Å²) in [6, 6.07) is 0. The lowest BCUT2D eigenvalue weighted by atomic mass is 10.0. The van der Waals surface area contributed by atoms with Gasteiger partial charge in [-0.3, -0.25) is 9.59 Å². The van der Waals surface area contributed by atoms with Crippen LogP contribution in [0.5, 0.6) is 0 Å². The monoisotopic (exact) mass is 217 g/mol. The van der Waals surface area contributed by atoms with E-state index in [9.17, 15) is 18.4 Å². The Morgan fingerprint density at radius 1 is 1.60 bits per heavy atom. The molecule has 6 heteroatoms. The second-order valence-electron chi connectivity index (χ2n) is 3.05. The summed E-state index contributed by atoms with van der Waals surface area (Å²) < 4.78 is 25.1. The van der Waals surface area contributed by atoms with Gasteiger partial charge in [-0.1, -0.05) is 0 Å². The zero-order valence-corrected chi connectivity index (χ0v) is 7.88. The van der Waals surface area contributed by atoms with Crippen LogP contribution >= 0.6 is 0 Å². The van der Waals surface area contributed by atoms with Crippen LogP contribution in [0.3, 0.4) is 0 Å². The van der Waals surface area contributed by atoms with Crippen LogP contribution in [-0.2, 0) is 11.2 Å². The molecule has 0 aliphatic rings. The third kappa shape index (κ3) is 2.39. The fraction of sp³-hybridized carbons (Fsp3) is 0.333. The molecule has 0 fully saturated rings. The zero-order valence-electron chi connectivity index (χ0n) is 7.88. The number of carboxylic acids is 1. The molecule has 0 saturated heterocycles. The first-order valence-electron chi connectivity index (χ1n) is 4.14.